The van der Waals surface area contributed by atoms with Gasteiger partial charge in [-0.3, -0.25) is 0 Å². The Morgan fingerprint density at radius 1 is 1.36 bits per heavy atom. The van der Waals surface area contributed by atoms with Crippen molar-refractivity contribution < 1.29 is 4.48 Å². The number of hydrogen-bond donors (Lipinski definition) is 1. The van der Waals surface area contributed by atoms with Crippen molar-refractivity contribution in [3.63, 3.8) is 0 Å². The third kappa shape index (κ3) is 2.14. The van der Waals surface area contributed by atoms with E-state index in [9.17, 15) is 4.48 Å². The highest BCUT2D eigenvalue weighted by Gasteiger charge is 2.26. The summed E-state index contributed by atoms with van der Waals surface area (Å²) >= 11 is 0. The van der Waals surface area contributed by atoms with Crippen LogP contribution in [0.25, 0.3) is 0 Å². The molecule has 2 atom stereocenters. The molecule has 0 spiro atoms. The maximum absolute atomic E-state index is 12.8. The smallest absolute Gasteiger partial charge is 0.0552 e. The molecule has 0 radical (unpaired) electrons. The zero-order valence-electron chi connectivity index (χ0n) is 7.31. The summed E-state index contributed by atoms with van der Waals surface area (Å²) in [6.07, 6.45) is 4.49. The van der Waals surface area contributed by atoms with Crippen LogP contribution in [0.2, 0.25) is 0 Å². The van der Waals surface area contributed by atoms with Crippen LogP contribution in [0.3, 0.4) is 0 Å². The standard InChI is InChI=1S/C8H17FN2/c1-10-7-5-3-4-6-8(7)11(2)9/h7-8,10H,3-6H2,1-2H3. The lowest BCUT2D eigenvalue weighted by atomic mass is 9.90. The molecule has 0 bridgehead atoms. The van der Waals surface area contributed by atoms with E-state index in [4.69, 9.17) is 0 Å². The predicted octanol–water partition coefficient (Wildman–Crippen LogP) is 1.33. The third-order valence-corrected chi connectivity index (χ3v) is 2.56. The van der Waals surface area contributed by atoms with Gasteiger partial charge in [0.2, 0.25) is 0 Å². The van der Waals surface area contributed by atoms with Gasteiger partial charge in [-0.05, 0) is 19.9 Å². The van der Waals surface area contributed by atoms with Crippen molar-refractivity contribution in [3.8, 4) is 0 Å². The molecule has 1 aliphatic rings. The molecule has 0 aliphatic heterocycles. The van der Waals surface area contributed by atoms with E-state index < -0.39 is 0 Å². The third-order valence-electron chi connectivity index (χ3n) is 2.56. The maximum atomic E-state index is 12.8. The van der Waals surface area contributed by atoms with Crippen molar-refractivity contribution in [1.29, 1.82) is 0 Å². The van der Waals surface area contributed by atoms with Crippen LogP contribution in [0.4, 0.5) is 4.48 Å². The Morgan fingerprint density at radius 2 is 2.00 bits per heavy atom. The van der Waals surface area contributed by atoms with Gasteiger partial charge < -0.3 is 5.32 Å². The van der Waals surface area contributed by atoms with Gasteiger partial charge in [0.1, 0.15) is 0 Å². The molecule has 11 heavy (non-hydrogen) atoms. The summed E-state index contributed by atoms with van der Waals surface area (Å²) in [5, 5.41) is 4.00. The van der Waals surface area contributed by atoms with Crippen LogP contribution in [0.5, 0.6) is 0 Å². The van der Waals surface area contributed by atoms with Gasteiger partial charge in [-0.2, -0.15) is 0 Å². The Bertz CT molecular complexity index is 117. The first-order chi connectivity index (χ1) is 5.25. The molecule has 0 amide bonds. The summed E-state index contributed by atoms with van der Waals surface area (Å²) in [6.45, 7) is 0. The van der Waals surface area contributed by atoms with Crippen molar-refractivity contribution in [2.45, 2.75) is 37.8 Å². The second-order valence-corrected chi connectivity index (χ2v) is 3.27. The first kappa shape index (κ1) is 8.94. The number of halogens is 1. The van der Waals surface area contributed by atoms with E-state index in [1.165, 1.54) is 13.5 Å². The van der Waals surface area contributed by atoms with Crippen molar-refractivity contribution >= 4 is 0 Å². The Labute approximate surface area is 67.7 Å². The SMILES string of the molecule is CNC1CCCCC1N(C)F. The van der Waals surface area contributed by atoms with Crippen LogP contribution >= 0.6 is 0 Å². The summed E-state index contributed by atoms with van der Waals surface area (Å²) in [5.74, 6) is 0. The largest absolute Gasteiger partial charge is 0.315 e. The topological polar surface area (TPSA) is 15.3 Å². The average Bonchev–Trinajstić information content (AvgIpc) is 2.04. The van der Waals surface area contributed by atoms with Crippen LogP contribution in [0.1, 0.15) is 25.7 Å². The second-order valence-electron chi connectivity index (χ2n) is 3.27. The molecule has 0 saturated heterocycles. The van der Waals surface area contributed by atoms with E-state index in [2.05, 4.69) is 5.32 Å². The molecule has 0 aromatic heterocycles. The van der Waals surface area contributed by atoms with Gasteiger partial charge in [0.15, 0.2) is 0 Å². The normalized spacial score (nSPS) is 32.7. The Morgan fingerprint density at radius 3 is 2.45 bits per heavy atom. The molecule has 66 valence electrons. The van der Waals surface area contributed by atoms with E-state index in [0.29, 0.717) is 6.04 Å². The molecule has 0 heterocycles. The summed E-state index contributed by atoms with van der Waals surface area (Å²) in [6, 6.07) is 0.437. The zero-order chi connectivity index (χ0) is 8.27. The van der Waals surface area contributed by atoms with Gasteiger partial charge in [-0.15, -0.1) is 9.60 Å². The molecule has 3 heteroatoms. The van der Waals surface area contributed by atoms with E-state index in [-0.39, 0.29) is 6.04 Å². The molecule has 1 rings (SSSR count). The first-order valence-electron chi connectivity index (χ1n) is 4.31. The van der Waals surface area contributed by atoms with Crippen LogP contribution in [-0.2, 0) is 0 Å². The minimum Gasteiger partial charge on any atom is -0.315 e. The van der Waals surface area contributed by atoms with Crippen LogP contribution in [0.15, 0.2) is 0 Å². The molecule has 1 saturated carbocycles. The van der Waals surface area contributed by atoms with Crippen LogP contribution in [-0.4, -0.2) is 31.3 Å². The minimum absolute atomic E-state index is 0.0914. The number of nitrogens with one attached hydrogen (secondary N) is 1. The van der Waals surface area contributed by atoms with Crippen molar-refractivity contribution in [2.75, 3.05) is 14.1 Å². The fourth-order valence-electron chi connectivity index (χ4n) is 1.87. The Hall–Kier alpha value is -0.150. The lowest BCUT2D eigenvalue weighted by Crippen LogP contribution is -2.46. The summed E-state index contributed by atoms with van der Waals surface area (Å²) in [7, 11) is 3.42. The Balaban J connectivity index is 2.44. The monoisotopic (exact) mass is 160 g/mol. The fourth-order valence-corrected chi connectivity index (χ4v) is 1.87. The highest BCUT2D eigenvalue weighted by molar-refractivity contribution is 4.83. The van der Waals surface area contributed by atoms with Gasteiger partial charge in [-0.1, -0.05) is 12.8 Å². The van der Waals surface area contributed by atoms with E-state index in [1.807, 2.05) is 7.05 Å². The van der Waals surface area contributed by atoms with Gasteiger partial charge in [0, 0.05) is 13.1 Å². The number of rotatable bonds is 2. The van der Waals surface area contributed by atoms with Crippen LogP contribution in [0, 0.1) is 0 Å². The van der Waals surface area contributed by atoms with Crippen molar-refractivity contribution in [3.05, 3.63) is 0 Å². The maximum Gasteiger partial charge on any atom is 0.0552 e. The van der Waals surface area contributed by atoms with Crippen molar-refractivity contribution in [1.82, 2.24) is 10.4 Å². The molecule has 1 fully saturated rings. The van der Waals surface area contributed by atoms with Crippen LogP contribution < -0.4 is 5.32 Å². The zero-order valence-corrected chi connectivity index (χ0v) is 7.31. The molecule has 1 aliphatic carbocycles. The number of hydrogen-bond acceptors (Lipinski definition) is 2. The molecule has 0 aromatic carbocycles. The fraction of sp³-hybridized carbons (Fsp3) is 1.00. The summed E-state index contributed by atoms with van der Waals surface area (Å²) in [4.78, 5) is 0. The summed E-state index contributed by atoms with van der Waals surface area (Å²) in [5.41, 5.74) is 0. The molecular weight excluding hydrogens is 143 g/mol. The molecule has 2 nitrogen and oxygen atoms in total. The molecule has 0 aromatic rings. The van der Waals surface area contributed by atoms with E-state index in [1.54, 1.807) is 0 Å². The number of nitrogens with zero attached hydrogens (tertiary/aromatic N) is 1. The highest BCUT2D eigenvalue weighted by Crippen LogP contribution is 2.22. The molecule has 1 N–H and O–H groups in total. The quantitative estimate of drug-likeness (QED) is 0.613. The van der Waals surface area contributed by atoms with Gasteiger partial charge in [-0.25, -0.2) is 0 Å². The average molecular weight is 160 g/mol. The van der Waals surface area contributed by atoms with Crippen molar-refractivity contribution in [2.24, 2.45) is 0 Å². The van der Waals surface area contributed by atoms with Gasteiger partial charge in [0.05, 0.1) is 6.04 Å². The lowest BCUT2D eigenvalue weighted by Gasteiger charge is -2.33. The lowest BCUT2D eigenvalue weighted by molar-refractivity contribution is -0.0205. The Kier molecular flexibility index (Phi) is 3.27. The second kappa shape index (κ2) is 4.02. The minimum atomic E-state index is 0.0914. The molecular formula is C8H17FN2. The summed E-state index contributed by atoms with van der Waals surface area (Å²) < 4.78 is 12.8. The highest BCUT2D eigenvalue weighted by atomic mass is 19.2. The van der Waals surface area contributed by atoms with Gasteiger partial charge >= 0.3 is 0 Å². The first-order valence-corrected chi connectivity index (χ1v) is 4.31. The molecule has 2 unspecified atom stereocenters. The van der Waals surface area contributed by atoms with Gasteiger partial charge in [0.25, 0.3) is 0 Å². The number of likely N-dealkylation sites (N-methyl/N-ethyl adjacent to an activating group) is 2. The predicted molar refractivity (Wildman–Crippen MR) is 44.0 cm³/mol. The van der Waals surface area contributed by atoms with E-state index in [0.717, 1.165) is 24.4 Å². The van der Waals surface area contributed by atoms with E-state index >= 15 is 0 Å².